The van der Waals surface area contributed by atoms with Crippen molar-refractivity contribution in [3.63, 3.8) is 0 Å². The van der Waals surface area contributed by atoms with E-state index in [-0.39, 0.29) is 39.8 Å². The summed E-state index contributed by atoms with van der Waals surface area (Å²) in [5.74, 6) is -0.385. The average Bonchev–Trinajstić information content (AvgIpc) is 3.26. The molecule has 1 saturated carbocycles. The van der Waals surface area contributed by atoms with Crippen LogP contribution in [-0.4, -0.2) is 40.9 Å². The van der Waals surface area contributed by atoms with Crippen molar-refractivity contribution < 1.29 is 22.9 Å². The maximum Gasteiger partial charge on any atom is 0.311 e. The Morgan fingerprint density at radius 3 is 2.55 bits per heavy atom. The Morgan fingerprint density at radius 1 is 1.21 bits per heavy atom. The molecule has 1 N–H and O–H groups in total. The Labute approximate surface area is 190 Å². The zero-order chi connectivity index (χ0) is 23.6. The van der Waals surface area contributed by atoms with E-state index in [1.54, 1.807) is 25.1 Å². The fraction of sp³-hybridized carbons (Fsp3) is 0.364. The lowest BCUT2D eigenvalue weighted by Gasteiger charge is -2.28. The summed E-state index contributed by atoms with van der Waals surface area (Å²) in [5, 5.41) is 15.3. The second-order valence-corrected chi connectivity index (χ2v) is 9.70. The smallest absolute Gasteiger partial charge is 0.311 e. The molecule has 10 nitrogen and oxygen atoms in total. The van der Waals surface area contributed by atoms with Crippen molar-refractivity contribution in [2.75, 3.05) is 11.9 Å². The molecule has 1 aliphatic carbocycles. The lowest BCUT2D eigenvalue weighted by atomic mass is 9.86. The summed E-state index contributed by atoms with van der Waals surface area (Å²) in [6.07, 6.45) is 4.92. The summed E-state index contributed by atoms with van der Waals surface area (Å²) in [6, 6.07) is 9.33. The summed E-state index contributed by atoms with van der Waals surface area (Å²) in [4.78, 5) is 27.3. The average molecular weight is 473 g/mol. The van der Waals surface area contributed by atoms with Crippen LogP contribution in [-0.2, 0) is 19.6 Å². The normalized spacial score (nSPS) is 18.7. The number of fused-ring (bicyclic) bond motifs is 1. The number of pyridine rings is 1. The van der Waals surface area contributed by atoms with Gasteiger partial charge in [0.05, 0.1) is 27.7 Å². The highest BCUT2D eigenvalue weighted by Crippen LogP contribution is 2.36. The fourth-order valence-electron chi connectivity index (χ4n) is 4.18. The number of carbonyl (C=O) groups excluding carboxylic acids is 1. The van der Waals surface area contributed by atoms with Gasteiger partial charge in [-0.15, -0.1) is 0 Å². The molecule has 2 heterocycles. The van der Waals surface area contributed by atoms with Crippen molar-refractivity contribution >= 4 is 38.4 Å². The molecular formula is C22H24N4O6S. The van der Waals surface area contributed by atoms with Crippen LogP contribution in [0.1, 0.15) is 32.6 Å². The molecule has 0 atom stereocenters. The number of hydrogen-bond donors (Lipinski definition) is 1. The van der Waals surface area contributed by atoms with Crippen LogP contribution in [0.4, 0.5) is 11.4 Å². The number of carbonyl (C=O) groups is 1. The molecule has 3 aromatic rings. The number of ether oxygens (including phenoxy) is 1. The quantitative estimate of drug-likeness (QED) is 0.312. The van der Waals surface area contributed by atoms with E-state index in [0.717, 1.165) is 10.2 Å². The zero-order valence-corrected chi connectivity index (χ0v) is 18.8. The number of nitrogens with one attached hydrogen (secondary N) is 1. The largest absolute Gasteiger partial charge is 0.466 e. The lowest BCUT2D eigenvalue weighted by molar-refractivity contribution is -0.384. The molecule has 0 bridgehead atoms. The van der Waals surface area contributed by atoms with E-state index < -0.39 is 14.9 Å². The van der Waals surface area contributed by atoms with Gasteiger partial charge in [-0.05, 0) is 50.8 Å². The number of nitrogens with zero attached hydrogens (tertiary/aromatic N) is 3. The van der Waals surface area contributed by atoms with Crippen molar-refractivity contribution in [1.82, 2.24) is 8.96 Å². The molecule has 0 spiro atoms. The molecule has 33 heavy (non-hydrogen) atoms. The summed E-state index contributed by atoms with van der Waals surface area (Å²) in [6.45, 7) is 2.10. The standard InChI is InChI=1S/C22H24N4O6S/c1-2-32-22(27)15-8-10-16(11-9-15)24-20-18-12-13-25(21(18)23-14-19(20)26(28)29)33(30,31)17-6-4-3-5-7-17/h3-7,12-16H,2,8-11H2,1H3,(H,23,24). The van der Waals surface area contributed by atoms with Gasteiger partial charge in [0.25, 0.3) is 10.0 Å². The molecule has 1 fully saturated rings. The molecule has 0 radical (unpaired) electrons. The van der Waals surface area contributed by atoms with E-state index >= 15 is 0 Å². The van der Waals surface area contributed by atoms with Crippen molar-refractivity contribution in [3.8, 4) is 0 Å². The van der Waals surface area contributed by atoms with Crippen molar-refractivity contribution in [1.29, 1.82) is 0 Å². The maximum atomic E-state index is 13.1. The first kappa shape index (κ1) is 22.7. The van der Waals surface area contributed by atoms with Crippen LogP contribution in [0.5, 0.6) is 0 Å². The molecule has 2 aromatic heterocycles. The number of nitro groups is 1. The van der Waals surface area contributed by atoms with Crippen LogP contribution in [0.25, 0.3) is 11.0 Å². The second kappa shape index (κ2) is 9.18. The molecule has 0 amide bonds. The van der Waals surface area contributed by atoms with Gasteiger partial charge >= 0.3 is 11.7 Å². The number of rotatable bonds is 7. The molecule has 174 valence electrons. The maximum absolute atomic E-state index is 13.1. The Balaban J connectivity index is 1.66. The van der Waals surface area contributed by atoms with Gasteiger partial charge in [-0.2, -0.15) is 0 Å². The number of hydrogen-bond acceptors (Lipinski definition) is 8. The van der Waals surface area contributed by atoms with Gasteiger partial charge in [0.2, 0.25) is 0 Å². The fourth-order valence-corrected chi connectivity index (χ4v) is 5.50. The minimum atomic E-state index is -3.92. The first-order chi connectivity index (χ1) is 15.8. The predicted octanol–water partition coefficient (Wildman–Crippen LogP) is 3.72. The third-order valence-corrected chi connectivity index (χ3v) is 7.53. The van der Waals surface area contributed by atoms with Gasteiger partial charge < -0.3 is 10.1 Å². The monoisotopic (exact) mass is 472 g/mol. The van der Waals surface area contributed by atoms with Crippen LogP contribution in [0.2, 0.25) is 0 Å². The molecule has 4 rings (SSSR count). The van der Waals surface area contributed by atoms with Crippen molar-refractivity contribution in [3.05, 3.63) is 58.9 Å². The molecule has 0 aliphatic heterocycles. The highest BCUT2D eigenvalue weighted by molar-refractivity contribution is 7.90. The van der Waals surface area contributed by atoms with Gasteiger partial charge in [0, 0.05) is 12.2 Å². The van der Waals surface area contributed by atoms with Gasteiger partial charge in [-0.1, -0.05) is 18.2 Å². The zero-order valence-electron chi connectivity index (χ0n) is 18.0. The highest BCUT2D eigenvalue weighted by Gasteiger charge is 2.30. The van der Waals surface area contributed by atoms with Crippen LogP contribution in [0.3, 0.4) is 0 Å². The third kappa shape index (κ3) is 4.40. The first-order valence-electron chi connectivity index (χ1n) is 10.7. The molecule has 11 heteroatoms. The highest BCUT2D eigenvalue weighted by atomic mass is 32.2. The molecular weight excluding hydrogens is 448 g/mol. The first-order valence-corrected chi connectivity index (χ1v) is 12.1. The van der Waals surface area contributed by atoms with Gasteiger partial charge in [-0.25, -0.2) is 17.4 Å². The third-order valence-electron chi connectivity index (χ3n) is 5.85. The Kier molecular flexibility index (Phi) is 6.32. The van der Waals surface area contributed by atoms with Crippen LogP contribution in [0, 0.1) is 16.0 Å². The van der Waals surface area contributed by atoms with Crippen LogP contribution < -0.4 is 5.32 Å². The van der Waals surface area contributed by atoms with E-state index in [1.165, 1.54) is 24.4 Å². The minimum absolute atomic E-state index is 0.0921. The van der Waals surface area contributed by atoms with E-state index in [9.17, 15) is 23.3 Å². The van der Waals surface area contributed by atoms with Crippen molar-refractivity contribution in [2.24, 2.45) is 5.92 Å². The summed E-state index contributed by atoms with van der Waals surface area (Å²) >= 11 is 0. The molecule has 0 unspecified atom stereocenters. The second-order valence-electron chi connectivity index (χ2n) is 7.89. The van der Waals surface area contributed by atoms with E-state index in [2.05, 4.69) is 10.3 Å². The minimum Gasteiger partial charge on any atom is -0.466 e. The van der Waals surface area contributed by atoms with Crippen molar-refractivity contribution in [2.45, 2.75) is 43.5 Å². The summed E-state index contributed by atoms with van der Waals surface area (Å²) < 4.78 is 32.3. The van der Waals surface area contributed by atoms with Crippen LogP contribution in [0.15, 0.2) is 53.7 Å². The summed E-state index contributed by atoms with van der Waals surface area (Å²) in [5.41, 5.74) is 0.101. The topological polar surface area (TPSA) is 133 Å². The Morgan fingerprint density at radius 2 is 1.91 bits per heavy atom. The number of esters is 1. The number of aromatic nitrogens is 2. The van der Waals surface area contributed by atoms with Gasteiger partial charge in [-0.3, -0.25) is 14.9 Å². The van der Waals surface area contributed by atoms with E-state index in [4.69, 9.17) is 4.74 Å². The van der Waals surface area contributed by atoms with Crippen LogP contribution >= 0.6 is 0 Å². The van der Waals surface area contributed by atoms with E-state index in [1.807, 2.05) is 0 Å². The molecule has 1 aliphatic rings. The summed E-state index contributed by atoms with van der Waals surface area (Å²) in [7, 11) is -3.92. The number of anilines is 1. The Bertz CT molecular complexity index is 1280. The van der Waals surface area contributed by atoms with E-state index in [0.29, 0.717) is 37.7 Å². The molecule has 0 saturated heterocycles. The SMILES string of the molecule is CCOC(=O)C1CCC(Nc2c([N+](=O)[O-])cnc3c2ccn3S(=O)(=O)c2ccccc2)CC1. The molecule has 1 aromatic carbocycles. The number of benzene rings is 1. The predicted molar refractivity (Wildman–Crippen MR) is 121 cm³/mol. The van der Waals surface area contributed by atoms with Gasteiger partial charge in [0.1, 0.15) is 11.9 Å². The van der Waals surface area contributed by atoms with Gasteiger partial charge in [0.15, 0.2) is 5.65 Å². The lowest BCUT2D eigenvalue weighted by Crippen LogP contribution is -2.30. The Hall–Kier alpha value is -3.47.